The van der Waals surface area contributed by atoms with Crippen LogP contribution in [-0.4, -0.2) is 37.5 Å². The largest absolute Gasteiger partial charge is 0.396 e. The predicted molar refractivity (Wildman–Crippen MR) is 43.7 cm³/mol. The molecule has 0 atom stereocenters. The second kappa shape index (κ2) is 5.24. The van der Waals surface area contributed by atoms with Gasteiger partial charge >= 0.3 is 0 Å². The van der Waals surface area contributed by atoms with Crippen molar-refractivity contribution in [3.63, 3.8) is 0 Å². The Labute approximate surface area is 72.5 Å². The van der Waals surface area contributed by atoms with Crippen molar-refractivity contribution in [1.29, 1.82) is 0 Å². The molecule has 0 fully saturated rings. The smallest absolute Gasteiger partial charge is 0.176 e. The van der Waals surface area contributed by atoms with Crippen molar-refractivity contribution in [3.05, 3.63) is 0 Å². The highest BCUT2D eigenvalue weighted by Crippen LogP contribution is 2.20. The van der Waals surface area contributed by atoms with E-state index in [1.165, 1.54) is 21.1 Å². The summed E-state index contributed by atoms with van der Waals surface area (Å²) in [6.45, 7) is 1.40. The molecule has 0 saturated carbocycles. The Kier molecular flexibility index (Phi) is 5.04. The maximum atomic E-state index is 10.8. The fourth-order valence-corrected chi connectivity index (χ4v) is 1.07. The molecule has 0 unspecified atom stereocenters. The number of carbonyl (C=O) groups excluding carboxylic acids is 1. The number of aliphatic hydroxyl groups is 1. The first kappa shape index (κ1) is 11.6. The molecule has 0 spiro atoms. The number of rotatable bonds is 6. The summed E-state index contributed by atoms with van der Waals surface area (Å²) in [5.74, 6) is -0.965. The number of carbonyl (C=O) groups is 1. The maximum absolute atomic E-state index is 10.8. The molecule has 0 radical (unpaired) electrons. The van der Waals surface area contributed by atoms with Gasteiger partial charge < -0.3 is 14.6 Å². The SMILES string of the molecule is COC(CCO)(CC(C)=O)OC. The van der Waals surface area contributed by atoms with E-state index in [9.17, 15) is 4.79 Å². The summed E-state index contributed by atoms with van der Waals surface area (Å²) in [5.41, 5.74) is 0. The summed E-state index contributed by atoms with van der Waals surface area (Å²) < 4.78 is 10.1. The average Bonchev–Trinajstić information content (AvgIpc) is 2.03. The summed E-state index contributed by atoms with van der Waals surface area (Å²) in [6.07, 6.45) is 0.472. The highest BCUT2D eigenvalue weighted by atomic mass is 16.7. The second-order valence-corrected chi connectivity index (χ2v) is 2.67. The molecule has 0 aromatic heterocycles. The van der Waals surface area contributed by atoms with E-state index in [0.717, 1.165) is 0 Å². The minimum Gasteiger partial charge on any atom is -0.396 e. The van der Waals surface area contributed by atoms with Gasteiger partial charge in [-0.2, -0.15) is 0 Å². The van der Waals surface area contributed by atoms with Crippen LogP contribution >= 0.6 is 0 Å². The van der Waals surface area contributed by atoms with E-state index in [2.05, 4.69) is 0 Å². The fraction of sp³-hybridized carbons (Fsp3) is 0.875. The molecular formula is C8H16O4. The fourth-order valence-electron chi connectivity index (χ4n) is 1.07. The first-order chi connectivity index (χ1) is 5.60. The van der Waals surface area contributed by atoms with E-state index >= 15 is 0 Å². The predicted octanol–water partition coefficient (Wildman–Crippen LogP) is 0.337. The van der Waals surface area contributed by atoms with Crippen LogP contribution in [0.3, 0.4) is 0 Å². The van der Waals surface area contributed by atoms with Crippen LogP contribution < -0.4 is 0 Å². The zero-order valence-electron chi connectivity index (χ0n) is 7.79. The number of ether oxygens (including phenoxy) is 2. The van der Waals surface area contributed by atoms with Crippen molar-refractivity contribution in [2.24, 2.45) is 0 Å². The standard InChI is InChI=1S/C8H16O4/c1-7(10)6-8(11-2,12-3)4-5-9/h9H,4-6H2,1-3H3. The average molecular weight is 176 g/mol. The molecule has 0 aliphatic rings. The van der Waals surface area contributed by atoms with Crippen LogP contribution in [0.5, 0.6) is 0 Å². The van der Waals surface area contributed by atoms with Gasteiger partial charge in [0.1, 0.15) is 5.78 Å². The molecule has 1 N–H and O–H groups in total. The van der Waals surface area contributed by atoms with Gasteiger partial charge in [-0.3, -0.25) is 4.79 Å². The lowest BCUT2D eigenvalue weighted by atomic mass is 10.1. The Morgan fingerprint density at radius 1 is 1.42 bits per heavy atom. The van der Waals surface area contributed by atoms with Gasteiger partial charge in [0.2, 0.25) is 0 Å². The monoisotopic (exact) mass is 176 g/mol. The third-order valence-electron chi connectivity index (χ3n) is 1.76. The minimum atomic E-state index is -0.944. The van der Waals surface area contributed by atoms with Gasteiger partial charge in [-0.05, 0) is 6.92 Å². The van der Waals surface area contributed by atoms with Crippen LogP contribution in [0.2, 0.25) is 0 Å². The quantitative estimate of drug-likeness (QED) is 0.593. The Hall–Kier alpha value is -0.450. The molecule has 4 nitrogen and oxygen atoms in total. The number of aliphatic hydroxyl groups excluding tert-OH is 1. The van der Waals surface area contributed by atoms with Gasteiger partial charge in [0.25, 0.3) is 0 Å². The van der Waals surface area contributed by atoms with Crippen molar-refractivity contribution in [1.82, 2.24) is 0 Å². The van der Waals surface area contributed by atoms with E-state index in [4.69, 9.17) is 14.6 Å². The van der Waals surface area contributed by atoms with Gasteiger partial charge in [0, 0.05) is 27.2 Å². The molecule has 0 aromatic carbocycles. The van der Waals surface area contributed by atoms with Crippen LogP contribution in [0.25, 0.3) is 0 Å². The lowest BCUT2D eigenvalue weighted by molar-refractivity contribution is -0.216. The first-order valence-corrected chi connectivity index (χ1v) is 3.81. The summed E-state index contributed by atoms with van der Waals surface area (Å²) >= 11 is 0. The molecule has 0 aliphatic carbocycles. The number of hydrogen-bond donors (Lipinski definition) is 1. The maximum Gasteiger partial charge on any atom is 0.176 e. The van der Waals surface area contributed by atoms with Gasteiger partial charge in [0.15, 0.2) is 5.79 Å². The zero-order chi connectivity index (χ0) is 9.61. The molecule has 0 rings (SSSR count). The summed E-state index contributed by atoms with van der Waals surface area (Å²) in [6, 6.07) is 0. The Morgan fingerprint density at radius 3 is 2.17 bits per heavy atom. The molecule has 0 aliphatic heterocycles. The molecule has 0 amide bonds. The number of ketones is 1. The second-order valence-electron chi connectivity index (χ2n) is 2.67. The Morgan fingerprint density at radius 2 is 1.92 bits per heavy atom. The molecule has 72 valence electrons. The highest BCUT2D eigenvalue weighted by Gasteiger charge is 2.30. The summed E-state index contributed by atoms with van der Waals surface area (Å²) in [5, 5.41) is 8.71. The van der Waals surface area contributed by atoms with E-state index in [1.54, 1.807) is 0 Å². The lowest BCUT2D eigenvalue weighted by Crippen LogP contribution is -2.36. The van der Waals surface area contributed by atoms with Gasteiger partial charge in [-0.15, -0.1) is 0 Å². The Balaban J connectivity index is 4.23. The van der Waals surface area contributed by atoms with Crippen molar-refractivity contribution in [2.75, 3.05) is 20.8 Å². The zero-order valence-corrected chi connectivity index (χ0v) is 7.79. The van der Waals surface area contributed by atoms with Crippen LogP contribution in [0.1, 0.15) is 19.8 Å². The van der Waals surface area contributed by atoms with E-state index in [-0.39, 0.29) is 18.8 Å². The van der Waals surface area contributed by atoms with E-state index < -0.39 is 5.79 Å². The van der Waals surface area contributed by atoms with E-state index in [1.807, 2.05) is 0 Å². The molecular weight excluding hydrogens is 160 g/mol. The van der Waals surface area contributed by atoms with Crippen molar-refractivity contribution in [3.8, 4) is 0 Å². The van der Waals surface area contributed by atoms with Gasteiger partial charge in [0.05, 0.1) is 6.42 Å². The summed E-state index contributed by atoms with van der Waals surface area (Å²) in [4.78, 5) is 10.8. The Bertz CT molecular complexity index is 140. The number of hydrogen-bond acceptors (Lipinski definition) is 4. The number of methoxy groups -OCH3 is 2. The van der Waals surface area contributed by atoms with Crippen molar-refractivity contribution < 1.29 is 19.4 Å². The van der Waals surface area contributed by atoms with Gasteiger partial charge in [-0.25, -0.2) is 0 Å². The van der Waals surface area contributed by atoms with Crippen LogP contribution in [0.4, 0.5) is 0 Å². The van der Waals surface area contributed by atoms with Crippen molar-refractivity contribution >= 4 is 5.78 Å². The van der Waals surface area contributed by atoms with Crippen LogP contribution in [0.15, 0.2) is 0 Å². The van der Waals surface area contributed by atoms with Gasteiger partial charge in [-0.1, -0.05) is 0 Å². The number of Topliss-reactive ketones (excluding diaryl/α,β-unsaturated/α-hetero) is 1. The summed E-state index contributed by atoms with van der Waals surface area (Å²) in [7, 11) is 2.92. The minimum absolute atomic E-state index is 0.0212. The molecule has 12 heavy (non-hydrogen) atoms. The third-order valence-corrected chi connectivity index (χ3v) is 1.76. The van der Waals surface area contributed by atoms with Crippen molar-refractivity contribution in [2.45, 2.75) is 25.6 Å². The van der Waals surface area contributed by atoms with E-state index in [0.29, 0.717) is 6.42 Å². The molecule has 0 bridgehead atoms. The molecule has 0 aromatic rings. The lowest BCUT2D eigenvalue weighted by Gasteiger charge is -2.29. The normalized spacial score (nSPS) is 11.7. The topological polar surface area (TPSA) is 55.8 Å². The molecule has 4 heteroatoms. The molecule has 0 saturated heterocycles. The first-order valence-electron chi connectivity index (χ1n) is 3.81. The van der Waals surface area contributed by atoms with Crippen LogP contribution in [0, 0.1) is 0 Å². The molecule has 0 heterocycles. The highest BCUT2D eigenvalue weighted by molar-refractivity contribution is 5.76. The third kappa shape index (κ3) is 3.30. The van der Waals surface area contributed by atoms with Crippen LogP contribution in [-0.2, 0) is 14.3 Å².